The molecule has 0 unspecified atom stereocenters. The average molecular weight is 362 g/mol. The van der Waals surface area contributed by atoms with Crippen LogP contribution in [0.3, 0.4) is 0 Å². The number of aryl methyl sites for hydroxylation is 2. The zero-order chi connectivity index (χ0) is 18.0. The van der Waals surface area contributed by atoms with Gasteiger partial charge in [0.25, 0.3) is 0 Å². The topological polar surface area (TPSA) is 40.6 Å². The molecule has 0 spiro atoms. The molecule has 0 atom stereocenters. The summed E-state index contributed by atoms with van der Waals surface area (Å²) in [4.78, 5) is 2.28. The minimum absolute atomic E-state index is 0.0234. The van der Waals surface area contributed by atoms with E-state index < -0.39 is 15.8 Å². The number of nitrogens with zero attached hydrogens (tertiary/aromatic N) is 2. The van der Waals surface area contributed by atoms with Crippen molar-refractivity contribution >= 4 is 10.0 Å². The molecule has 0 radical (unpaired) electrons. The molecule has 1 aliphatic rings. The molecule has 0 N–H and O–H groups in total. The van der Waals surface area contributed by atoms with Crippen molar-refractivity contribution in [2.45, 2.75) is 25.3 Å². The molecule has 1 fully saturated rings. The quantitative estimate of drug-likeness (QED) is 0.840. The van der Waals surface area contributed by atoms with Gasteiger partial charge < -0.3 is 0 Å². The summed E-state index contributed by atoms with van der Waals surface area (Å²) >= 11 is 0. The summed E-state index contributed by atoms with van der Waals surface area (Å²) in [6.45, 7) is 7.16. The van der Waals surface area contributed by atoms with Gasteiger partial charge in [-0.1, -0.05) is 35.4 Å². The van der Waals surface area contributed by atoms with E-state index in [0.717, 1.165) is 12.6 Å². The van der Waals surface area contributed by atoms with Crippen LogP contribution in [0, 0.1) is 19.7 Å². The molecule has 0 aliphatic carbocycles. The van der Waals surface area contributed by atoms with E-state index in [1.807, 2.05) is 0 Å². The summed E-state index contributed by atoms with van der Waals surface area (Å²) in [5.74, 6) is -0.533. The van der Waals surface area contributed by atoms with Crippen molar-refractivity contribution in [2.75, 3.05) is 26.2 Å². The van der Waals surface area contributed by atoms with Crippen molar-refractivity contribution in [3.05, 3.63) is 65.0 Å². The first-order valence-corrected chi connectivity index (χ1v) is 9.84. The van der Waals surface area contributed by atoms with Crippen LogP contribution in [0.15, 0.2) is 47.4 Å². The summed E-state index contributed by atoms with van der Waals surface area (Å²) in [6.07, 6.45) is 0. The van der Waals surface area contributed by atoms with Gasteiger partial charge in [0, 0.05) is 32.7 Å². The van der Waals surface area contributed by atoms with Crippen molar-refractivity contribution in [1.82, 2.24) is 9.21 Å². The van der Waals surface area contributed by atoms with Crippen LogP contribution in [0.1, 0.15) is 16.7 Å². The van der Waals surface area contributed by atoms with E-state index in [2.05, 4.69) is 36.9 Å². The minimum atomic E-state index is -3.63. The number of hydrogen-bond acceptors (Lipinski definition) is 3. The second-order valence-electron chi connectivity index (χ2n) is 6.63. The van der Waals surface area contributed by atoms with E-state index in [9.17, 15) is 12.8 Å². The van der Waals surface area contributed by atoms with Gasteiger partial charge in [0.2, 0.25) is 10.0 Å². The van der Waals surface area contributed by atoms with Crippen LogP contribution in [0.2, 0.25) is 0 Å². The monoisotopic (exact) mass is 362 g/mol. The Morgan fingerprint density at radius 2 is 1.60 bits per heavy atom. The smallest absolute Gasteiger partial charge is 0.243 e. The van der Waals surface area contributed by atoms with Gasteiger partial charge in [-0.3, -0.25) is 4.90 Å². The van der Waals surface area contributed by atoms with Crippen molar-refractivity contribution in [2.24, 2.45) is 0 Å². The predicted molar refractivity (Wildman–Crippen MR) is 96.4 cm³/mol. The lowest BCUT2D eigenvalue weighted by molar-refractivity contribution is 0.181. The van der Waals surface area contributed by atoms with Crippen molar-refractivity contribution in [3.63, 3.8) is 0 Å². The summed E-state index contributed by atoms with van der Waals surface area (Å²) in [5, 5.41) is 0. The van der Waals surface area contributed by atoms with E-state index in [1.165, 1.54) is 39.2 Å². The molecule has 2 aromatic rings. The molecule has 0 aromatic heterocycles. The molecular weight excluding hydrogens is 339 g/mol. The number of halogens is 1. The Balaban J connectivity index is 1.65. The average Bonchev–Trinajstić information content (AvgIpc) is 2.54. The van der Waals surface area contributed by atoms with Crippen molar-refractivity contribution in [3.8, 4) is 0 Å². The number of rotatable bonds is 4. The van der Waals surface area contributed by atoms with Crippen LogP contribution >= 0.6 is 0 Å². The first-order chi connectivity index (χ1) is 11.8. The maximum atomic E-state index is 13.3. The van der Waals surface area contributed by atoms with Crippen LogP contribution in [0.5, 0.6) is 0 Å². The Kier molecular flexibility index (Phi) is 5.22. The Morgan fingerprint density at radius 3 is 2.20 bits per heavy atom. The lowest BCUT2D eigenvalue weighted by Crippen LogP contribution is -2.48. The maximum absolute atomic E-state index is 13.3. The molecule has 6 heteroatoms. The first-order valence-electron chi connectivity index (χ1n) is 8.40. The lowest BCUT2D eigenvalue weighted by atomic mass is 10.1. The highest BCUT2D eigenvalue weighted by molar-refractivity contribution is 7.89. The Morgan fingerprint density at radius 1 is 0.960 bits per heavy atom. The van der Waals surface area contributed by atoms with Gasteiger partial charge in [0.05, 0.1) is 4.90 Å². The molecule has 3 rings (SSSR count). The van der Waals surface area contributed by atoms with Crippen molar-refractivity contribution in [1.29, 1.82) is 0 Å². The van der Waals surface area contributed by atoms with E-state index >= 15 is 0 Å². The number of piperazine rings is 1. The molecule has 25 heavy (non-hydrogen) atoms. The predicted octanol–water partition coefficient (Wildman–Crippen LogP) is 2.95. The lowest BCUT2D eigenvalue weighted by Gasteiger charge is -2.34. The third kappa shape index (κ3) is 4.26. The second-order valence-corrected chi connectivity index (χ2v) is 8.57. The molecule has 134 valence electrons. The third-order valence-electron chi connectivity index (χ3n) is 4.45. The molecule has 1 saturated heterocycles. The number of benzene rings is 2. The van der Waals surface area contributed by atoms with Crippen LogP contribution in [0.4, 0.5) is 4.39 Å². The van der Waals surface area contributed by atoms with Crippen molar-refractivity contribution < 1.29 is 12.8 Å². The van der Waals surface area contributed by atoms with E-state index in [0.29, 0.717) is 26.2 Å². The SMILES string of the molecule is Cc1cc(C)cc(CN2CCN(S(=O)(=O)c3cccc(F)c3)CC2)c1. The van der Waals surface area contributed by atoms with Gasteiger partial charge in [-0.05, 0) is 37.6 Å². The highest BCUT2D eigenvalue weighted by Crippen LogP contribution is 2.19. The van der Waals surface area contributed by atoms with Crippen LogP contribution in [0.25, 0.3) is 0 Å². The van der Waals surface area contributed by atoms with Gasteiger partial charge in [0.15, 0.2) is 0 Å². The summed E-state index contributed by atoms with van der Waals surface area (Å²) in [7, 11) is -3.63. The van der Waals surface area contributed by atoms with E-state index in [1.54, 1.807) is 0 Å². The second kappa shape index (κ2) is 7.23. The van der Waals surface area contributed by atoms with Gasteiger partial charge in [0.1, 0.15) is 5.82 Å². The first kappa shape index (κ1) is 18.0. The maximum Gasteiger partial charge on any atom is 0.243 e. The molecule has 1 aliphatic heterocycles. The molecule has 4 nitrogen and oxygen atoms in total. The fourth-order valence-corrected chi connectivity index (χ4v) is 4.78. The minimum Gasteiger partial charge on any atom is -0.296 e. The Bertz CT molecular complexity index is 839. The van der Waals surface area contributed by atoms with Gasteiger partial charge in [-0.25, -0.2) is 12.8 Å². The molecule has 0 saturated carbocycles. The Hall–Kier alpha value is -1.76. The fraction of sp³-hybridized carbons (Fsp3) is 0.368. The summed E-state index contributed by atoms with van der Waals surface area (Å²) in [6, 6.07) is 11.7. The van der Waals surface area contributed by atoms with Gasteiger partial charge in [-0.15, -0.1) is 0 Å². The molecule has 2 aromatic carbocycles. The zero-order valence-electron chi connectivity index (χ0n) is 14.6. The highest BCUT2D eigenvalue weighted by Gasteiger charge is 2.28. The number of hydrogen-bond donors (Lipinski definition) is 0. The normalized spacial score (nSPS) is 16.9. The van der Waals surface area contributed by atoms with Gasteiger partial charge >= 0.3 is 0 Å². The Labute approximate surface area is 148 Å². The molecule has 1 heterocycles. The van der Waals surface area contributed by atoms with E-state index in [-0.39, 0.29) is 4.90 Å². The van der Waals surface area contributed by atoms with Crippen LogP contribution < -0.4 is 0 Å². The zero-order valence-corrected chi connectivity index (χ0v) is 15.4. The van der Waals surface area contributed by atoms with Crippen LogP contribution in [-0.2, 0) is 16.6 Å². The van der Waals surface area contributed by atoms with Crippen LogP contribution in [-0.4, -0.2) is 43.8 Å². The van der Waals surface area contributed by atoms with Gasteiger partial charge in [-0.2, -0.15) is 4.31 Å². The molecule has 0 amide bonds. The van der Waals surface area contributed by atoms with E-state index in [4.69, 9.17) is 0 Å². The standard InChI is InChI=1S/C19H23FN2O2S/c1-15-10-16(2)12-17(11-15)14-21-6-8-22(9-7-21)25(23,24)19-5-3-4-18(20)13-19/h3-5,10-13H,6-9,14H2,1-2H3. The summed E-state index contributed by atoms with van der Waals surface area (Å²) < 4.78 is 40.1. The highest BCUT2D eigenvalue weighted by atomic mass is 32.2. The largest absolute Gasteiger partial charge is 0.296 e. The number of sulfonamides is 1. The third-order valence-corrected chi connectivity index (χ3v) is 6.35. The fourth-order valence-electron chi connectivity index (χ4n) is 3.32. The molecular formula is C19H23FN2O2S. The molecule has 0 bridgehead atoms. The summed E-state index contributed by atoms with van der Waals surface area (Å²) in [5.41, 5.74) is 3.73.